The third kappa shape index (κ3) is 1.41. The summed E-state index contributed by atoms with van der Waals surface area (Å²) in [5.74, 6) is 0.689. The minimum absolute atomic E-state index is 0.0144. The third-order valence-electron chi connectivity index (χ3n) is 3.37. The number of rotatable bonds is 1. The number of aryl methyl sites for hydroxylation is 2. The summed E-state index contributed by atoms with van der Waals surface area (Å²) < 4.78 is 0. The number of aromatic amines is 1. The van der Waals surface area contributed by atoms with E-state index in [4.69, 9.17) is 0 Å². The quantitative estimate of drug-likeness (QED) is 0.740. The fraction of sp³-hybridized carbons (Fsp3) is 0.231. The van der Waals surface area contributed by atoms with Gasteiger partial charge in [0.2, 0.25) is 0 Å². The van der Waals surface area contributed by atoms with Gasteiger partial charge in [-0.15, -0.1) is 11.3 Å². The van der Waals surface area contributed by atoms with Gasteiger partial charge >= 0.3 is 0 Å². The summed E-state index contributed by atoms with van der Waals surface area (Å²) in [5, 5.41) is 4.82. The van der Waals surface area contributed by atoms with Crippen LogP contribution in [0.25, 0.3) is 21.6 Å². The zero-order valence-electron chi connectivity index (χ0n) is 9.53. The molecule has 3 aromatic heterocycles. The Morgan fingerprint density at radius 3 is 3.11 bits per heavy atom. The first-order valence-electron chi connectivity index (χ1n) is 5.90. The molecule has 0 amide bonds. The Morgan fingerprint density at radius 1 is 1.33 bits per heavy atom. The first-order chi connectivity index (χ1) is 8.83. The van der Waals surface area contributed by atoms with Crippen LogP contribution in [0.15, 0.2) is 21.6 Å². The molecule has 0 aliphatic heterocycles. The second-order valence-electron chi connectivity index (χ2n) is 4.46. The maximum Gasteiger partial charge on any atom is 0.260 e. The largest absolute Gasteiger partial charge is 0.306 e. The summed E-state index contributed by atoms with van der Waals surface area (Å²) in [7, 11) is 0. The lowest BCUT2D eigenvalue weighted by Crippen LogP contribution is -2.09. The highest BCUT2D eigenvalue weighted by Crippen LogP contribution is 2.35. The average molecular weight is 274 g/mol. The van der Waals surface area contributed by atoms with E-state index < -0.39 is 0 Å². The van der Waals surface area contributed by atoms with E-state index in [9.17, 15) is 4.79 Å². The van der Waals surface area contributed by atoms with Crippen molar-refractivity contribution in [1.29, 1.82) is 0 Å². The van der Waals surface area contributed by atoms with E-state index in [1.165, 1.54) is 16.9 Å². The molecule has 1 aliphatic rings. The summed E-state index contributed by atoms with van der Waals surface area (Å²) in [6.45, 7) is 0. The van der Waals surface area contributed by atoms with E-state index in [2.05, 4.69) is 9.97 Å². The van der Waals surface area contributed by atoms with Crippen molar-refractivity contribution in [2.75, 3.05) is 0 Å². The molecule has 1 N–H and O–H groups in total. The standard InChI is InChI=1S/C13H10N2OS2/c16-12-10-8-2-1-3-9(8)18-13(10)15-11(14-12)7-4-5-17-6-7/h4-6H,1-3H2,(H,14,15,16). The number of nitrogens with zero attached hydrogens (tertiary/aromatic N) is 1. The van der Waals surface area contributed by atoms with E-state index in [1.54, 1.807) is 22.7 Å². The van der Waals surface area contributed by atoms with Gasteiger partial charge in [-0.3, -0.25) is 4.79 Å². The lowest BCUT2D eigenvalue weighted by Gasteiger charge is -1.98. The van der Waals surface area contributed by atoms with Crippen LogP contribution in [0.5, 0.6) is 0 Å². The van der Waals surface area contributed by atoms with Gasteiger partial charge in [-0.1, -0.05) is 0 Å². The Bertz CT molecular complexity index is 783. The molecule has 0 saturated carbocycles. The van der Waals surface area contributed by atoms with Gasteiger partial charge in [0.15, 0.2) is 0 Å². The molecular weight excluding hydrogens is 264 g/mol. The number of thiophene rings is 2. The summed E-state index contributed by atoms with van der Waals surface area (Å²) in [6, 6.07) is 1.98. The molecule has 4 rings (SSSR count). The average Bonchev–Trinajstić information content (AvgIpc) is 3.04. The van der Waals surface area contributed by atoms with Crippen LogP contribution < -0.4 is 5.56 Å². The molecule has 3 nitrogen and oxygen atoms in total. The molecule has 5 heteroatoms. The highest BCUT2D eigenvalue weighted by molar-refractivity contribution is 7.18. The Hall–Kier alpha value is -1.46. The molecule has 0 spiro atoms. The molecule has 18 heavy (non-hydrogen) atoms. The molecule has 90 valence electrons. The minimum Gasteiger partial charge on any atom is -0.306 e. The van der Waals surface area contributed by atoms with E-state index in [0.29, 0.717) is 5.82 Å². The Labute approximate surface area is 111 Å². The lowest BCUT2D eigenvalue weighted by molar-refractivity contribution is 0.916. The van der Waals surface area contributed by atoms with Crippen LogP contribution in [-0.4, -0.2) is 9.97 Å². The maximum atomic E-state index is 12.2. The summed E-state index contributed by atoms with van der Waals surface area (Å²) in [5.41, 5.74) is 2.24. The van der Waals surface area contributed by atoms with Crippen molar-refractivity contribution >= 4 is 32.9 Å². The van der Waals surface area contributed by atoms with E-state index in [-0.39, 0.29) is 5.56 Å². The normalized spacial score (nSPS) is 14.2. The van der Waals surface area contributed by atoms with Crippen molar-refractivity contribution < 1.29 is 0 Å². The van der Waals surface area contributed by atoms with Crippen LogP contribution in [0.2, 0.25) is 0 Å². The van der Waals surface area contributed by atoms with Crippen LogP contribution in [-0.2, 0) is 12.8 Å². The second-order valence-corrected chi connectivity index (χ2v) is 6.33. The highest BCUT2D eigenvalue weighted by Gasteiger charge is 2.21. The third-order valence-corrected chi connectivity index (χ3v) is 5.24. The minimum atomic E-state index is 0.0144. The summed E-state index contributed by atoms with van der Waals surface area (Å²) in [6.07, 6.45) is 3.30. The second kappa shape index (κ2) is 3.76. The molecule has 0 saturated heterocycles. The maximum absolute atomic E-state index is 12.2. The number of aromatic nitrogens is 2. The van der Waals surface area contributed by atoms with E-state index in [1.807, 2.05) is 16.8 Å². The molecule has 0 atom stereocenters. The van der Waals surface area contributed by atoms with Crippen molar-refractivity contribution in [2.45, 2.75) is 19.3 Å². The van der Waals surface area contributed by atoms with E-state index in [0.717, 1.165) is 28.6 Å². The number of hydrogen-bond acceptors (Lipinski definition) is 4. The molecule has 0 fully saturated rings. The van der Waals surface area contributed by atoms with Gasteiger partial charge in [0.25, 0.3) is 5.56 Å². The smallest absolute Gasteiger partial charge is 0.260 e. The first-order valence-corrected chi connectivity index (χ1v) is 7.66. The van der Waals surface area contributed by atoms with Gasteiger partial charge < -0.3 is 4.98 Å². The van der Waals surface area contributed by atoms with Gasteiger partial charge in [-0.05, 0) is 36.3 Å². The molecule has 3 aromatic rings. The number of nitrogens with one attached hydrogen (secondary N) is 1. The van der Waals surface area contributed by atoms with Gasteiger partial charge in [-0.25, -0.2) is 4.98 Å². The van der Waals surface area contributed by atoms with Crippen molar-refractivity contribution in [2.24, 2.45) is 0 Å². The van der Waals surface area contributed by atoms with Crippen LogP contribution in [0, 0.1) is 0 Å². The molecule has 0 radical (unpaired) electrons. The Balaban J connectivity index is 2.03. The van der Waals surface area contributed by atoms with Crippen molar-refractivity contribution in [1.82, 2.24) is 9.97 Å². The van der Waals surface area contributed by atoms with Crippen molar-refractivity contribution in [3.05, 3.63) is 37.6 Å². The zero-order chi connectivity index (χ0) is 12.1. The molecule has 0 unspecified atom stereocenters. The Morgan fingerprint density at radius 2 is 2.28 bits per heavy atom. The first kappa shape index (κ1) is 10.5. The fourth-order valence-corrected chi connectivity index (χ4v) is 4.44. The SMILES string of the molecule is O=c1[nH]c(-c2ccsc2)nc2sc3c(c12)CCC3. The molecular formula is C13H10N2OS2. The van der Waals surface area contributed by atoms with Crippen molar-refractivity contribution in [3.8, 4) is 11.4 Å². The van der Waals surface area contributed by atoms with Gasteiger partial charge in [0, 0.05) is 15.8 Å². The molecule has 3 heterocycles. The van der Waals surface area contributed by atoms with E-state index >= 15 is 0 Å². The van der Waals surface area contributed by atoms with Crippen LogP contribution in [0.4, 0.5) is 0 Å². The monoisotopic (exact) mass is 274 g/mol. The predicted molar refractivity (Wildman–Crippen MR) is 75.6 cm³/mol. The van der Waals surface area contributed by atoms with Gasteiger partial charge in [0.1, 0.15) is 10.7 Å². The lowest BCUT2D eigenvalue weighted by atomic mass is 10.2. The zero-order valence-corrected chi connectivity index (χ0v) is 11.2. The molecule has 0 aromatic carbocycles. The van der Waals surface area contributed by atoms with Gasteiger partial charge in [-0.2, -0.15) is 11.3 Å². The summed E-state index contributed by atoms with van der Waals surface area (Å²) >= 11 is 3.30. The number of hydrogen-bond donors (Lipinski definition) is 1. The molecule has 1 aliphatic carbocycles. The fourth-order valence-electron chi connectivity index (χ4n) is 2.54. The predicted octanol–water partition coefficient (Wildman–Crippen LogP) is 3.20. The van der Waals surface area contributed by atoms with Crippen molar-refractivity contribution in [3.63, 3.8) is 0 Å². The highest BCUT2D eigenvalue weighted by atomic mass is 32.1. The van der Waals surface area contributed by atoms with Crippen LogP contribution >= 0.6 is 22.7 Å². The van der Waals surface area contributed by atoms with Crippen LogP contribution in [0.3, 0.4) is 0 Å². The Kier molecular flexibility index (Phi) is 2.19. The number of H-pyrrole nitrogens is 1. The summed E-state index contributed by atoms with van der Waals surface area (Å²) in [4.78, 5) is 22.0. The topological polar surface area (TPSA) is 45.8 Å². The van der Waals surface area contributed by atoms with Gasteiger partial charge in [0.05, 0.1) is 5.39 Å². The number of fused-ring (bicyclic) bond motifs is 3. The van der Waals surface area contributed by atoms with Crippen LogP contribution in [0.1, 0.15) is 16.9 Å². The molecule has 0 bridgehead atoms.